The highest BCUT2D eigenvalue weighted by Crippen LogP contribution is 2.43. The second-order valence-electron chi connectivity index (χ2n) is 8.88. The van der Waals surface area contributed by atoms with E-state index in [1.54, 1.807) is 31.8 Å². The van der Waals surface area contributed by atoms with Crippen LogP contribution in [-0.4, -0.2) is 123 Å². The molecule has 15 heteroatoms. The van der Waals surface area contributed by atoms with Crippen LogP contribution in [0.15, 0.2) is 38.9 Å². The molecule has 0 radical (unpaired) electrons. The topological polar surface area (TPSA) is 168 Å². The van der Waals surface area contributed by atoms with Crippen LogP contribution in [0.3, 0.4) is 0 Å². The molecule has 1 fully saturated rings. The molecule has 1 aliphatic rings. The van der Waals surface area contributed by atoms with Gasteiger partial charge in [-0.3, -0.25) is 25.0 Å². The second kappa shape index (κ2) is 18.0. The summed E-state index contributed by atoms with van der Waals surface area (Å²) >= 11 is 0. The van der Waals surface area contributed by atoms with Crippen LogP contribution in [0.25, 0.3) is 11.4 Å². The number of morpholine rings is 1. The lowest BCUT2D eigenvalue weighted by atomic mass is 10.1. The number of benzene rings is 1. The van der Waals surface area contributed by atoms with Gasteiger partial charge in [0.2, 0.25) is 5.75 Å². The fraction of sp³-hybridized carbons (Fsp3) is 0.429. The maximum absolute atomic E-state index is 11.7. The van der Waals surface area contributed by atoms with Gasteiger partial charge in [0, 0.05) is 44.7 Å². The predicted molar refractivity (Wildman–Crippen MR) is 169 cm³/mol. The zero-order valence-electron chi connectivity index (χ0n) is 25.6. The van der Waals surface area contributed by atoms with E-state index in [4.69, 9.17) is 34.1 Å². The number of aliphatic imine (C=N–C) groups is 3. The molecule has 1 aromatic carbocycles. The molecule has 15 nitrogen and oxygen atoms in total. The number of carbonyl (C=O) groups excluding carboxylic acids is 1. The van der Waals surface area contributed by atoms with E-state index in [0.717, 1.165) is 0 Å². The maximum atomic E-state index is 11.7. The van der Waals surface area contributed by atoms with E-state index in [1.165, 1.54) is 19.5 Å². The molecule has 234 valence electrons. The fourth-order valence-electron chi connectivity index (χ4n) is 3.96. The van der Waals surface area contributed by atoms with Crippen LogP contribution in [-0.2, 0) is 9.53 Å². The van der Waals surface area contributed by atoms with Crippen molar-refractivity contribution in [2.45, 2.75) is 0 Å². The average molecular weight is 600 g/mol. The molecule has 0 saturated carbocycles. The van der Waals surface area contributed by atoms with Crippen molar-refractivity contribution < 1.29 is 28.9 Å². The van der Waals surface area contributed by atoms with Crippen molar-refractivity contribution in [3.8, 4) is 28.6 Å². The van der Waals surface area contributed by atoms with Gasteiger partial charge in [-0.15, -0.1) is 0 Å². The number of hydrogen-bond acceptors (Lipinski definition) is 14. The van der Waals surface area contributed by atoms with Gasteiger partial charge in [0.25, 0.3) is 5.91 Å². The van der Waals surface area contributed by atoms with Crippen molar-refractivity contribution in [3.05, 3.63) is 23.9 Å². The summed E-state index contributed by atoms with van der Waals surface area (Å²) < 4.78 is 22.1. The number of nitrogens with one attached hydrogen (secondary N) is 2. The Morgan fingerprint density at radius 2 is 1.77 bits per heavy atom. The van der Waals surface area contributed by atoms with Gasteiger partial charge in [0.1, 0.15) is 5.69 Å². The number of nitrogens with zero attached hydrogens (tertiary/aromatic N) is 7. The summed E-state index contributed by atoms with van der Waals surface area (Å²) in [7, 11) is 10.2. The van der Waals surface area contributed by atoms with E-state index in [0.29, 0.717) is 78.8 Å². The van der Waals surface area contributed by atoms with E-state index in [1.807, 2.05) is 26.0 Å². The third-order valence-corrected chi connectivity index (χ3v) is 5.99. The van der Waals surface area contributed by atoms with Gasteiger partial charge in [-0.1, -0.05) is 0 Å². The first-order valence-electron chi connectivity index (χ1n) is 13.3. The molecule has 3 rings (SSSR count). The molecule has 1 saturated heterocycles. The highest BCUT2D eigenvalue weighted by atomic mass is 16.5. The van der Waals surface area contributed by atoms with Gasteiger partial charge in [0.15, 0.2) is 29.0 Å². The summed E-state index contributed by atoms with van der Waals surface area (Å²) in [5, 5.41) is 11.6. The fourth-order valence-corrected chi connectivity index (χ4v) is 3.96. The van der Waals surface area contributed by atoms with Crippen molar-refractivity contribution in [2.75, 3.05) is 91.7 Å². The molecule has 0 unspecified atom stereocenters. The second-order valence-corrected chi connectivity index (χ2v) is 8.88. The lowest BCUT2D eigenvalue weighted by molar-refractivity contribution is -0.124. The SMILES string of the molecule is C=N/C=C(\C=NCCN(C)c1nc(-c2cc(OC)c(OC)c(OC)c2)nc(N2CCOCC2)c1N=C)C(=O)NO.CNC. The number of rotatable bonds is 13. The van der Waals surface area contributed by atoms with Gasteiger partial charge in [-0.05, 0) is 39.7 Å². The van der Waals surface area contributed by atoms with E-state index in [2.05, 4.69) is 38.6 Å². The molecule has 2 heterocycles. The van der Waals surface area contributed by atoms with Crippen molar-refractivity contribution in [1.29, 1.82) is 0 Å². The van der Waals surface area contributed by atoms with Crippen molar-refractivity contribution in [1.82, 2.24) is 20.8 Å². The minimum absolute atomic E-state index is 0.0509. The van der Waals surface area contributed by atoms with Gasteiger partial charge in [-0.2, -0.15) is 0 Å². The molecule has 1 aliphatic heterocycles. The van der Waals surface area contributed by atoms with Crippen molar-refractivity contribution in [2.24, 2.45) is 15.0 Å². The first-order chi connectivity index (χ1) is 20.8. The highest BCUT2D eigenvalue weighted by Gasteiger charge is 2.24. The molecular formula is C28H41N9O6. The van der Waals surface area contributed by atoms with Crippen molar-refractivity contribution >= 4 is 42.9 Å². The Morgan fingerprint density at radius 1 is 1.14 bits per heavy atom. The molecule has 1 aromatic heterocycles. The Kier molecular flexibility index (Phi) is 14.5. The minimum atomic E-state index is -0.747. The summed E-state index contributed by atoms with van der Waals surface area (Å²) in [6, 6.07) is 3.56. The van der Waals surface area contributed by atoms with Gasteiger partial charge < -0.3 is 34.1 Å². The largest absolute Gasteiger partial charge is 0.493 e. The van der Waals surface area contributed by atoms with Crippen molar-refractivity contribution in [3.63, 3.8) is 0 Å². The highest BCUT2D eigenvalue weighted by molar-refractivity contribution is 6.11. The molecule has 0 atom stereocenters. The average Bonchev–Trinajstić information content (AvgIpc) is 3.04. The van der Waals surface area contributed by atoms with Gasteiger partial charge in [0.05, 0.1) is 46.7 Å². The summed E-state index contributed by atoms with van der Waals surface area (Å²) in [5.74, 6) is 2.20. The van der Waals surface area contributed by atoms with E-state index >= 15 is 0 Å². The number of amides is 1. The number of ether oxygens (including phenoxy) is 4. The normalized spacial score (nSPS) is 13.1. The van der Waals surface area contributed by atoms with E-state index in [9.17, 15) is 4.79 Å². The minimum Gasteiger partial charge on any atom is -0.493 e. The van der Waals surface area contributed by atoms with Crippen LogP contribution in [0.2, 0.25) is 0 Å². The molecule has 2 aromatic rings. The van der Waals surface area contributed by atoms with Crippen LogP contribution in [0.4, 0.5) is 17.3 Å². The quantitative estimate of drug-likeness (QED) is 0.133. The Hall–Kier alpha value is -4.60. The first kappa shape index (κ1) is 34.6. The molecule has 43 heavy (non-hydrogen) atoms. The standard InChI is InChI=1S/C26H34N8O6.C2H7N/c1-27-15-18(26(35)32-36)16-29-7-8-33(3)24-21(28-2)25(34-9-11-40-12-10-34)31-23(30-24)17-13-19(37-4)22(39-6)20(14-17)38-5;1-3-2/h13-16,36H,1-2,7-12H2,3-6H3,(H,32,35);3H,1-2H3/b18-15+,29-16?;. The van der Waals surface area contributed by atoms with Crippen LogP contribution >= 0.6 is 0 Å². The van der Waals surface area contributed by atoms with E-state index < -0.39 is 5.91 Å². The zero-order valence-corrected chi connectivity index (χ0v) is 25.6. The summed E-state index contributed by atoms with van der Waals surface area (Å²) in [6.07, 6.45) is 2.50. The molecule has 0 bridgehead atoms. The van der Waals surface area contributed by atoms with Gasteiger partial charge in [-0.25, -0.2) is 15.4 Å². The molecule has 0 spiro atoms. The first-order valence-corrected chi connectivity index (χ1v) is 13.3. The van der Waals surface area contributed by atoms with Crippen LogP contribution in [0.5, 0.6) is 17.2 Å². The number of hydroxylamine groups is 1. The number of aromatic nitrogens is 2. The van der Waals surface area contributed by atoms with Crippen LogP contribution in [0, 0.1) is 0 Å². The third-order valence-electron chi connectivity index (χ3n) is 5.99. The monoisotopic (exact) mass is 599 g/mol. The summed E-state index contributed by atoms with van der Waals surface area (Å²) in [4.78, 5) is 37.5. The third kappa shape index (κ3) is 9.19. The predicted octanol–water partition coefficient (Wildman–Crippen LogP) is 1.77. The molecule has 3 N–H and O–H groups in total. The Bertz CT molecular complexity index is 1270. The Morgan fingerprint density at radius 3 is 2.28 bits per heavy atom. The number of hydrogen-bond donors (Lipinski definition) is 3. The molecular weight excluding hydrogens is 558 g/mol. The Balaban J connectivity index is 0.00000206. The molecule has 0 aliphatic carbocycles. The lowest BCUT2D eigenvalue weighted by Crippen LogP contribution is -2.37. The maximum Gasteiger partial charge on any atom is 0.277 e. The number of methoxy groups -OCH3 is 3. The number of carbonyl (C=O) groups is 1. The van der Waals surface area contributed by atoms with E-state index in [-0.39, 0.29) is 12.1 Å². The van der Waals surface area contributed by atoms with Gasteiger partial charge >= 0.3 is 0 Å². The molecule has 1 amide bonds. The zero-order chi connectivity index (χ0) is 31.8. The number of anilines is 2. The Labute approximate surface area is 251 Å². The summed E-state index contributed by atoms with van der Waals surface area (Å²) in [6.45, 7) is 10.2. The number of likely N-dealkylation sites (N-methyl/N-ethyl adjacent to an activating group) is 1. The van der Waals surface area contributed by atoms with Crippen LogP contribution in [0.1, 0.15) is 0 Å². The smallest absolute Gasteiger partial charge is 0.277 e. The van der Waals surface area contributed by atoms with Crippen LogP contribution < -0.4 is 34.8 Å². The lowest BCUT2D eigenvalue weighted by Gasteiger charge is -2.30. The summed E-state index contributed by atoms with van der Waals surface area (Å²) in [5.41, 5.74) is 2.76.